The van der Waals surface area contributed by atoms with Gasteiger partial charge in [-0.05, 0) is 37.8 Å². The van der Waals surface area contributed by atoms with E-state index in [1.807, 2.05) is 6.26 Å². The average Bonchev–Trinajstić information content (AvgIpc) is 2.35. The first-order chi connectivity index (χ1) is 8.15. The molecule has 6 heteroatoms. The first kappa shape index (κ1) is 14.3. The highest BCUT2D eigenvalue weighted by Crippen LogP contribution is 2.08. The Labute approximate surface area is 106 Å². The van der Waals surface area contributed by atoms with Crippen LogP contribution >= 0.6 is 11.8 Å². The molecule has 0 bridgehead atoms. The molecule has 2 atom stereocenters. The molecule has 0 saturated carbocycles. The third kappa shape index (κ3) is 4.95. The van der Waals surface area contributed by atoms with Crippen LogP contribution in [0.2, 0.25) is 0 Å². The Morgan fingerprint density at radius 3 is 2.82 bits per heavy atom. The van der Waals surface area contributed by atoms with Crippen LogP contribution in [0.3, 0.4) is 0 Å². The van der Waals surface area contributed by atoms with Crippen molar-refractivity contribution in [1.82, 2.24) is 10.6 Å². The topological polar surface area (TPSA) is 78.4 Å². The lowest BCUT2D eigenvalue weighted by Gasteiger charge is -2.24. The third-order valence-electron chi connectivity index (χ3n) is 2.85. The van der Waals surface area contributed by atoms with Gasteiger partial charge in [0.15, 0.2) is 0 Å². The van der Waals surface area contributed by atoms with Crippen molar-refractivity contribution in [2.24, 2.45) is 0 Å². The third-order valence-corrected chi connectivity index (χ3v) is 3.50. The standard InChI is InChI=1S/C11H20N2O3S/c1-17-7-5-9(11(15)16)13-10(14)8-4-2-3-6-12-8/h8-9,12H,2-7H2,1H3,(H,13,14)(H,15,16)/t8-,9+/m0/s1. The Balaban J connectivity index is 2.42. The second kappa shape index (κ2) is 7.55. The van der Waals surface area contributed by atoms with Crippen LogP contribution in [0.4, 0.5) is 0 Å². The van der Waals surface area contributed by atoms with Gasteiger partial charge in [-0.1, -0.05) is 6.42 Å². The minimum Gasteiger partial charge on any atom is -0.480 e. The van der Waals surface area contributed by atoms with Gasteiger partial charge in [0.1, 0.15) is 6.04 Å². The van der Waals surface area contributed by atoms with Gasteiger partial charge in [-0.15, -0.1) is 0 Å². The summed E-state index contributed by atoms with van der Waals surface area (Å²) in [7, 11) is 0. The zero-order valence-electron chi connectivity index (χ0n) is 10.1. The van der Waals surface area contributed by atoms with Gasteiger partial charge in [0.05, 0.1) is 6.04 Å². The maximum absolute atomic E-state index is 11.8. The lowest BCUT2D eigenvalue weighted by atomic mass is 10.0. The van der Waals surface area contributed by atoms with E-state index in [0.717, 1.165) is 31.6 Å². The number of thioether (sulfide) groups is 1. The maximum atomic E-state index is 11.8. The van der Waals surface area contributed by atoms with Crippen LogP contribution < -0.4 is 10.6 Å². The van der Waals surface area contributed by atoms with Gasteiger partial charge in [-0.25, -0.2) is 4.79 Å². The van der Waals surface area contributed by atoms with E-state index in [-0.39, 0.29) is 11.9 Å². The van der Waals surface area contributed by atoms with E-state index >= 15 is 0 Å². The van der Waals surface area contributed by atoms with Gasteiger partial charge in [0.2, 0.25) is 5.91 Å². The molecule has 1 aliphatic rings. The summed E-state index contributed by atoms with van der Waals surface area (Å²) >= 11 is 1.58. The largest absolute Gasteiger partial charge is 0.480 e. The summed E-state index contributed by atoms with van der Waals surface area (Å²) in [5.74, 6) is -0.406. The summed E-state index contributed by atoms with van der Waals surface area (Å²) in [6.45, 7) is 0.834. The van der Waals surface area contributed by atoms with Gasteiger partial charge in [-0.2, -0.15) is 11.8 Å². The van der Waals surface area contributed by atoms with Gasteiger partial charge >= 0.3 is 5.97 Å². The molecule has 1 saturated heterocycles. The molecule has 17 heavy (non-hydrogen) atoms. The van der Waals surface area contributed by atoms with E-state index < -0.39 is 12.0 Å². The Morgan fingerprint density at radius 2 is 2.29 bits per heavy atom. The summed E-state index contributed by atoms with van der Waals surface area (Å²) in [6, 6.07) is -0.987. The fourth-order valence-corrected chi connectivity index (χ4v) is 2.31. The second-order valence-electron chi connectivity index (χ2n) is 4.18. The van der Waals surface area contributed by atoms with Crippen LogP contribution in [0, 0.1) is 0 Å². The highest BCUT2D eigenvalue weighted by Gasteiger charge is 2.25. The van der Waals surface area contributed by atoms with E-state index in [1.54, 1.807) is 11.8 Å². The molecule has 3 N–H and O–H groups in total. The van der Waals surface area contributed by atoms with Gasteiger partial charge in [0, 0.05) is 0 Å². The SMILES string of the molecule is CSCC[C@@H](NC(=O)[C@@H]1CCCCN1)C(=O)O. The molecule has 0 unspecified atom stereocenters. The number of rotatable bonds is 6. The molecule has 0 aromatic heterocycles. The number of carbonyl (C=O) groups is 2. The molecule has 1 fully saturated rings. The van der Waals surface area contributed by atoms with Crippen molar-refractivity contribution in [2.45, 2.75) is 37.8 Å². The average molecular weight is 260 g/mol. The van der Waals surface area contributed by atoms with E-state index in [2.05, 4.69) is 10.6 Å². The minimum absolute atomic E-state index is 0.182. The number of nitrogens with one attached hydrogen (secondary N) is 2. The molecule has 1 heterocycles. The minimum atomic E-state index is -0.955. The number of carboxylic acid groups (broad SMARTS) is 1. The Bertz CT molecular complexity index is 267. The first-order valence-corrected chi connectivity index (χ1v) is 7.30. The van der Waals surface area contributed by atoms with Crippen molar-refractivity contribution < 1.29 is 14.7 Å². The van der Waals surface area contributed by atoms with Crippen LogP contribution in [0.5, 0.6) is 0 Å². The van der Waals surface area contributed by atoms with E-state index in [9.17, 15) is 9.59 Å². The highest BCUT2D eigenvalue weighted by molar-refractivity contribution is 7.98. The molecule has 0 spiro atoms. The van der Waals surface area contributed by atoms with E-state index in [0.29, 0.717) is 6.42 Å². The Morgan fingerprint density at radius 1 is 1.53 bits per heavy atom. The number of piperidine rings is 1. The fraction of sp³-hybridized carbons (Fsp3) is 0.818. The first-order valence-electron chi connectivity index (χ1n) is 5.90. The van der Waals surface area contributed by atoms with Crippen molar-refractivity contribution in [1.29, 1.82) is 0 Å². The van der Waals surface area contributed by atoms with Crippen molar-refractivity contribution >= 4 is 23.6 Å². The van der Waals surface area contributed by atoms with Crippen LogP contribution in [0.15, 0.2) is 0 Å². The van der Waals surface area contributed by atoms with Crippen LogP contribution in [-0.2, 0) is 9.59 Å². The van der Waals surface area contributed by atoms with Crippen LogP contribution in [0.1, 0.15) is 25.7 Å². The predicted octanol–water partition coefficient (Wildman–Crippen LogP) is 0.451. The van der Waals surface area contributed by atoms with Crippen molar-refractivity contribution in [3.05, 3.63) is 0 Å². The number of hydrogen-bond donors (Lipinski definition) is 3. The summed E-state index contributed by atoms with van der Waals surface area (Å²) in [5.41, 5.74) is 0. The van der Waals surface area contributed by atoms with E-state index in [1.165, 1.54) is 0 Å². The quantitative estimate of drug-likeness (QED) is 0.646. The Hall–Kier alpha value is -0.750. The van der Waals surface area contributed by atoms with Gasteiger partial charge in [0.25, 0.3) is 0 Å². The molecular formula is C11H20N2O3S. The van der Waals surface area contributed by atoms with Crippen LogP contribution in [-0.4, -0.2) is 47.6 Å². The second-order valence-corrected chi connectivity index (χ2v) is 5.17. The van der Waals surface area contributed by atoms with Crippen molar-refractivity contribution in [2.75, 3.05) is 18.6 Å². The zero-order chi connectivity index (χ0) is 12.7. The number of hydrogen-bond acceptors (Lipinski definition) is 4. The zero-order valence-corrected chi connectivity index (χ0v) is 10.9. The number of aliphatic carboxylic acids is 1. The summed E-state index contributed by atoms with van der Waals surface area (Å²) in [5, 5.41) is 14.7. The summed E-state index contributed by atoms with van der Waals surface area (Å²) in [4.78, 5) is 22.8. The monoisotopic (exact) mass is 260 g/mol. The lowest BCUT2D eigenvalue weighted by molar-refractivity contribution is -0.142. The normalized spacial score (nSPS) is 21.8. The molecule has 0 radical (unpaired) electrons. The molecule has 1 aliphatic heterocycles. The highest BCUT2D eigenvalue weighted by atomic mass is 32.2. The molecule has 5 nitrogen and oxygen atoms in total. The molecule has 0 aromatic carbocycles. The number of amides is 1. The van der Waals surface area contributed by atoms with E-state index in [4.69, 9.17) is 5.11 Å². The van der Waals surface area contributed by atoms with Gasteiger partial charge < -0.3 is 15.7 Å². The molecule has 0 aromatic rings. The molecule has 1 rings (SSSR count). The Kier molecular flexibility index (Phi) is 6.36. The molecule has 98 valence electrons. The van der Waals surface area contributed by atoms with Crippen molar-refractivity contribution in [3.8, 4) is 0 Å². The summed E-state index contributed by atoms with van der Waals surface area (Å²) < 4.78 is 0. The maximum Gasteiger partial charge on any atom is 0.326 e. The van der Waals surface area contributed by atoms with Gasteiger partial charge in [-0.3, -0.25) is 4.79 Å². The number of carboxylic acids is 1. The summed E-state index contributed by atoms with van der Waals surface area (Å²) in [6.07, 6.45) is 5.28. The van der Waals surface area contributed by atoms with Crippen LogP contribution in [0.25, 0.3) is 0 Å². The fourth-order valence-electron chi connectivity index (χ4n) is 1.84. The smallest absolute Gasteiger partial charge is 0.326 e. The molecular weight excluding hydrogens is 240 g/mol. The number of carbonyl (C=O) groups excluding carboxylic acids is 1. The molecule has 1 amide bonds. The lowest BCUT2D eigenvalue weighted by Crippen LogP contribution is -2.51. The predicted molar refractivity (Wildman–Crippen MR) is 68.2 cm³/mol. The molecule has 0 aliphatic carbocycles. The van der Waals surface area contributed by atoms with Crippen molar-refractivity contribution in [3.63, 3.8) is 0 Å².